The molecule has 9 nitrogen and oxygen atoms in total. The van der Waals surface area contributed by atoms with Crippen molar-refractivity contribution in [2.45, 2.75) is 6.92 Å². The summed E-state index contributed by atoms with van der Waals surface area (Å²) in [4.78, 5) is 42.2. The SMILES string of the molecule is CC(=O)N1CC(=O)N(CC(=O)N=Nc2c(O)[nH]c3ccccc23)c2ccccc21. The molecule has 2 heterocycles. The third-order valence-corrected chi connectivity index (χ3v) is 4.65. The monoisotopic (exact) mass is 391 g/mol. The number of benzene rings is 2. The van der Waals surface area contributed by atoms with Crippen LogP contribution in [0.4, 0.5) is 17.1 Å². The fourth-order valence-electron chi connectivity index (χ4n) is 3.30. The van der Waals surface area contributed by atoms with Gasteiger partial charge in [0.1, 0.15) is 13.1 Å². The fraction of sp³-hybridized carbons (Fsp3) is 0.150. The molecule has 0 unspecified atom stereocenters. The van der Waals surface area contributed by atoms with E-state index in [1.165, 1.54) is 16.7 Å². The Morgan fingerprint density at radius 1 is 1.10 bits per heavy atom. The quantitative estimate of drug-likeness (QED) is 0.667. The van der Waals surface area contributed by atoms with E-state index in [9.17, 15) is 19.5 Å². The number of aromatic amines is 1. The maximum atomic E-state index is 12.5. The Balaban J connectivity index is 1.59. The zero-order chi connectivity index (χ0) is 20.5. The van der Waals surface area contributed by atoms with Gasteiger partial charge in [0.15, 0.2) is 5.69 Å². The molecule has 3 amide bonds. The Kier molecular flexibility index (Phi) is 4.55. The highest BCUT2D eigenvalue weighted by Gasteiger charge is 2.32. The van der Waals surface area contributed by atoms with Gasteiger partial charge in [-0.15, -0.1) is 10.2 Å². The number of anilines is 2. The van der Waals surface area contributed by atoms with Crippen molar-refractivity contribution >= 4 is 45.7 Å². The van der Waals surface area contributed by atoms with Crippen LogP contribution in [-0.2, 0) is 14.4 Å². The lowest BCUT2D eigenvalue weighted by atomic mass is 10.1. The van der Waals surface area contributed by atoms with Gasteiger partial charge in [-0.1, -0.05) is 30.3 Å². The molecule has 4 rings (SSSR count). The molecule has 9 heteroatoms. The Morgan fingerprint density at radius 2 is 1.79 bits per heavy atom. The molecule has 0 aliphatic carbocycles. The topological polar surface area (TPSA) is 118 Å². The largest absolute Gasteiger partial charge is 0.493 e. The number of fused-ring (bicyclic) bond motifs is 2. The number of amides is 3. The minimum Gasteiger partial charge on any atom is -0.493 e. The Hall–Kier alpha value is -4.01. The van der Waals surface area contributed by atoms with Crippen molar-refractivity contribution in [3.8, 4) is 5.88 Å². The molecule has 0 spiro atoms. The standard InChI is InChI=1S/C20H17N5O4/c1-12(26)24-11-18(28)25(16-9-5-4-8-15(16)24)10-17(27)22-23-19-13-6-2-3-7-14(13)21-20(19)29/h2-9,21,29H,10-11H2,1H3. The number of aromatic hydroxyl groups is 1. The van der Waals surface area contributed by atoms with Gasteiger partial charge in [0, 0.05) is 12.3 Å². The molecule has 0 saturated carbocycles. The van der Waals surface area contributed by atoms with E-state index in [4.69, 9.17) is 0 Å². The minimum absolute atomic E-state index is 0.153. The molecular weight excluding hydrogens is 374 g/mol. The maximum Gasteiger partial charge on any atom is 0.284 e. The predicted molar refractivity (Wildman–Crippen MR) is 106 cm³/mol. The molecule has 1 aliphatic heterocycles. The summed E-state index contributed by atoms with van der Waals surface area (Å²) in [5.41, 5.74) is 1.83. The number of aromatic nitrogens is 1. The van der Waals surface area contributed by atoms with Crippen molar-refractivity contribution in [1.29, 1.82) is 0 Å². The second-order valence-electron chi connectivity index (χ2n) is 6.54. The summed E-state index contributed by atoms with van der Waals surface area (Å²) >= 11 is 0. The van der Waals surface area contributed by atoms with Gasteiger partial charge in [0.05, 0.1) is 16.9 Å². The third kappa shape index (κ3) is 3.33. The highest BCUT2D eigenvalue weighted by molar-refractivity contribution is 6.12. The zero-order valence-corrected chi connectivity index (χ0v) is 15.5. The average molecular weight is 391 g/mol. The molecule has 29 heavy (non-hydrogen) atoms. The second kappa shape index (κ2) is 7.19. The summed E-state index contributed by atoms with van der Waals surface area (Å²) < 4.78 is 0. The van der Waals surface area contributed by atoms with E-state index in [2.05, 4.69) is 15.2 Å². The highest BCUT2D eigenvalue weighted by Crippen LogP contribution is 2.36. The first-order chi connectivity index (χ1) is 14.0. The van der Waals surface area contributed by atoms with Gasteiger partial charge in [-0.2, -0.15) is 0 Å². The lowest BCUT2D eigenvalue weighted by molar-refractivity contribution is -0.123. The number of hydrogen-bond acceptors (Lipinski definition) is 5. The maximum absolute atomic E-state index is 12.5. The minimum atomic E-state index is -0.658. The number of nitrogens with one attached hydrogen (secondary N) is 1. The first-order valence-corrected chi connectivity index (χ1v) is 8.87. The number of hydrogen-bond donors (Lipinski definition) is 2. The van der Waals surface area contributed by atoms with Crippen molar-refractivity contribution in [3.05, 3.63) is 48.5 Å². The molecular formula is C20H17N5O4. The first kappa shape index (κ1) is 18.4. The number of H-pyrrole nitrogens is 1. The van der Waals surface area contributed by atoms with E-state index in [1.54, 1.807) is 48.5 Å². The molecule has 146 valence electrons. The molecule has 0 radical (unpaired) electrons. The summed E-state index contributed by atoms with van der Waals surface area (Å²) in [7, 11) is 0. The summed E-state index contributed by atoms with van der Waals surface area (Å²) in [5, 5.41) is 18.2. The van der Waals surface area contributed by atoms with E-state index < -0.39 is 11.8 Å². The Bertz CT molecular complexity index is 1170. The predicted octanol–water partition coefficient (Wildman–Crippen LogP) is 2.88. The number of azo groups is 1. The van der Waals surface area contributed by atoms with Gasteiger partial charge in [-0.05, 0) is 18.2 Å². The van der Waals surface area contributed by atoms with Gasteiger partial charge < -0.3 is 15.0 Å². The van der Waals surface area contributed by atoms with Crippen LogP contribution in [0.2, 0.25) is 0 Å². The first-order valence-electron chi connectivity index (χ1n) is 8.87. The van der Waals surface area contributed by atoms with Gasteiger partial charge in [-0.3, -0.25) is 19.3 Å². The van der Waals surface area contributed by atoms with Crippen LogP contribution in [0.1, 0.15) is 6.92 Å². The van der Waals surface area contributed by atoms with Crippen LogP contribution in [0.5, 0.6) is 5.88 Å². The average Bonchev–Trinajstić information content (AvgIpc) is 3.03. The highest BCUT2D eigenvalue weighted by atomic mass is 16.3. The second-order valence-corrected chi connectivity index (χ2v) is 6.54. The third-order valence-electron chi connectivity index (χ3n) is 4.65. The number of carbonyl (C=O) groups excluding carboxylic acids is 3. The van der Waals surface area contributed by atoms with E-state index in [1.807, 2.05) is 0 Å². The van der Waals surface area contributed by atoms with Crippen LogP contribution in [0.15, 0.2) is 58.8 Å². The Morgan fingerprint density at radius 3 is 2.55 bits per heavy atom. The van der Waals surface area contributed by atoms with Gasteiger partial charge in [-0.25, -0.2) is 0 Å². The van der Waals surface area contributed by atoms with Crippen molar-refractivity contribution in [2.24, 2.45) is 10.2 Å². The molecule has 2 aromatic carbocycles. The van der Waals surface area contributed by atoms with E-state index >= 15 is 0 Å². The molecule has 0 bridgehead atoms. The van der Waals surface area contributed by atoms with Crippen molar-refractivity contribution < 1.29 is 19.5 Å². The van der Waals surface area contributed by atoms with Crippen LogP contribution < -0.4 is 9.80 Å². The number of para-hydroxylation sites is 3. The van der Waals surface area contributed by atoms with Crippen molar-refractivity contribution in [1.82, 2.24) is 4.98 Å². The van der Waals surface area contributed by atoms with Gasteiger partial charge in [0.2, 0.25) is 17.7 Å². The number of nitrogens with zero attached hydrogens (tertiary/aromatic N) is 4. The van der Waals surface area contributed by atoms with E-state index in [0.29, 0.717) is 22.3 Å². The summed E-state index contributed by atoms with van der Waals surface area (Å²) in [6, 6.07) is 13.9. The molecule has 0 saturated heterocycles. The number of carbonyl (C=O) groups is 3. The van der Waals surface area contributed by atoms with Crippen LogP contribution in [0, 0.1) is 0 Å². The molecule has 2 N–H and O–H groups in total. The van der Waals surface area contributed by atoms with Crippen molar-refractivity contribution in [3.63, 3.8) is 0 Å². The molecule has 0 fully saturated rings. The van der Waals surface area contributed by atoms with Crippen LogP contribution in [0.25, 0.3) is 10.9 Å². The number of rotatable bonds is 3. The molecule has 3 aromatic rings. The summed E-state index contributed by atoms with van der Waals surface area (Å²) in [6.45, 7) is 0.904. The van der Waals surface area contributed by atoms with Crippen LogP contribution in [0.3, 0.4) is 0 Å². The Labute approximate surface area is 165 Å². The summed E-state index contributed by atoms with van der Waals surface area (Å²) in [5.74, 6) is -1.50. The molecule has 1 aliphatic rings. The lowest BCUT2D eigenvalue weighted by Gasteiger charge is -2.34. The van der Waals surface area contributed by atoms with E-state index in [-0.39, 0.29) is 30.6 Å². The molecule has 0 atom stereocenters. The van der Waals surface area contributed by atoms with Crippen LogP contribution in [-0.4, -0.2) is 40.9 Å². The van der Waals surface area contributed by atoms with Gasteiger partial charge >= 0.3 is 0 Å². The fourth-order valence-corrected chi connectivity index (χ4v) is 3.30. The van der Waals surface area contributed by atoms with Gasteiger partial charge in [0.25, 0.3) is 5.91 Å². The van der Waals surface area contributed by atoms with Crippen molar-refractivity contribution in [2.75, 3.05) is 22.9 Å². The summed E-state index contributed by atoms with van der Waals surface area (Å²) in [6.07, 6.45) is 0. The van der Waals surface area contributed by atoms with E-state index in [0.717, 1.165) is 0 Å². The zero-order valence-electron chi connectivity index (χ0n) is 15.5. The smallest absolute Gasteiger partial charge is 0.284 e. The normalized spacial score (nSPS) is 13.9. The lowest BCUT2D eigenvalue weighted by Crippen LogP contribution is -2.49. The molecule has 1 aromatic heterocycles. The van der Waals surface area contributed by atoms with Crippen LogP contribution >= 0.6 is 0 Å².